The monoisotopic (exact) mass is 250 g/mol. The normalized spacial score (nSPS) is 23.4. The van der Waals surface area contributed by atoms with Crippen molar-refractivity contribution in [3.63, 3.8) is 0 Å². The number of rotatable bonds is 7. The molecule has 1 heterocycles. The number of methoxy groups -OCH3 is 1. The minimum atomic E-state index is 0.293. The molecule has 100 valence electrons. The molecule has 2 unspecified atom stereocenters. The van der Waals surface area contributed by atoms with Crippen LogP contribution < -0.4 is 21.7 Å². The molecule has 18 heavy (non-hydrogen) atoms. The van der Waals surface area contributed by atoms with E-state index in [1.807, 2.05) is 6.07 Å². The van der Waals surface area contributed by atoms with Gasteiger partial charge in [-0.25, -0.2) is 10.9 Å². The number of benzene rings is 1. The van der Waals surface area contributed by atoms with Crippen LogP contribution in [0.2, 0.25) is 0 Å². The third kappa shape index (κ3) is 3.76. The van der Waals surface area contributed by atoms with Crippen LogP contribution in [0.15, 0.2) is 30.3 Å². The van der Waals surface area contributed by atoms with Crippen molar-refractivity contribution in [2.24, 2.45) is 0 Å². The highest BCUT2D eigenvalue weighted by Crippen LogP contribution is 2.17. The SMILES string of the molecule is COCCCNCC1NNNC1c1ccccc1. The van der Waals surface area contributed by atoms with Gasteiger partial charge in [0.1, 0.15) is 0 Å². The van der Waals surface area contributed by atoms with E-state index in [1.54, 1.807) is 7.11 Å². The average Bonchev–Trinajstić information content (AvgIpc) is 2.88. The summed E-state index contributed by atoms with van der Waals surface area (Å²) in [5.74, 6) is 0. The van der Waals surface area contributed by atoms with Gasteiger partial charge in [-0.2, -0.15) is 5.53 Å². The number of hydrogen-bond acceptors (Lipinski definition) is 5. The summed E-state index contributed by atoms with van der Waals surface area (Å²) in [5.41, 5.74) is 10.8. The van der Waals surface area contributed by atoms with Crippen LogP contribution in [0.1, 0.15) is 18.0 Å². The molecule has 2 atom stereocenters. The molecule has 0 bridgehead atoms. The second kappa shape index (κ2) is 7.45. The second-order valence-electron chi connectivity index (χ2n) is 4.46. The standard InChI is InChI=1S/C13H22N4O/c1-18-9-5-8-14-10-12-13(16-17-15-12)11-6-3-2-4-7-11/h2-4,6-7,12-17H,5,8-10H2,1H3. The first kappa shape index (κ1) is 13.5. The molecule has 1 fully saturated rings. The quantitative estimate of drug-likeness (QED) is 0.526. The highest BCUT2D eigenvalue weighted by atomic mass is 16.5. The predicted molar refractivity (Wildman–Crippen MR) is 71.7 cm³/mol. The Balaban J connectivity index is 1.77. The van der Waals surface area contributed by atoms with Crippen molar-refractivity contribution in [2.45, 2.75) is 18.5 Å². The van der Waals surface area contributed by atoms with E-state index in [9.17, 15) is 0 Å². The molecule has 0 aromatic heterocycles. The van der Waals surface area contributed by atoms with Gasteiger partial charge in [0, 0.05) is 20.3 Å². The van der Waals surface area contributed by atoms with Crippen LogP contribution in [-0.2, 0) is 4.74 Å². The molecule has 4 N–H and O–H groups in total. The van der Waals surface area contributed by atoms with E-state index in [-0.39, 0.29) is 0 Å². The number of hydrogen-bond donors (Lipinski definition) is 4. The molecule has 5 nitrogen and oxygen atoms in total. The highest BCUT2D eigenvalue weighted by molar-refractivity contribution is 5.21. The highest BCUT2D eigenvalue weighted by Gasteiger charge is 2.27. The minimum Gasteiger partial charge on any atom is -0.385 e. The molecule has 0 radical (unpaired) electrons. The summed E-state index contributed by atoms with van der Waals surface area (Å²) in [6.07, 6.45) is 1.04. The van der Waals surface area contributed by atoms with Crippen LogP contribution in [0.5, 0.6) is 0 Å². The van der Waals surface area contributed by atoms with Crippen molar-refractivity contribution in [1.82, 2.24) is 21.7 Å². The first-order valence-electron chi connectivity index (χ1n) is 6.42. The summed E-state index contributed by atoms with van der Waals surface area (Å²) in [5, 5.41) is 3.44. The van der Waals surface area contributed by atoms with E-state index >= 15 is 0 Å². The van der Waals surface area contributed by atoms with Crippen molar-refractivity contribution in [2.75, 3.05) is 26.8 Å². The molecule has 2 rings (SSSR count). The van der Waals surface area contributed by atoms with E-state index in [4.69, 9.17) is 4.74 Å². The fraction of sp³-hybridized carbons (Fsp3) is 0.538. The van der Waals surface area contributed by atoms with Crippen LogP contribution in [0.3, 0.4) is 0 Å². The van der Waals surface area contributed by atoms with E-state index in [1.165, 1.54) is 5.56 Å². The number of ether oxygens (including phenoxy) is 1. The largest absolute Gasteiger partial charge is 0.385 e. The predicted octanol–water partition coefficient (Wildman–Crippen LogP) is 0.335. The Morgan fingerprint density at radius 3 is 2.83 bits per heavy atom. The van der Waals surface area contributed by atoms with E-state index in [2.05, 4.69) is 46.0 Å². The summed E-state index contributed by atoms with van der Waals surface area (Å²) in [4.78, 5) is 0. The van der Waals surface area contributed by atoms with E-state index in [0.717, 1.165) is 26.1 Å². The molecule has 0 aliphatic carbocycles. The second-order valence-corrected chi connectivity index (χ2v) is 4.46. The van der Waals surface area contributed by atoms with Gasteiger partial charge >= 0.3 is 0 Å². The summed E-state index contributed by atoms with van der Waals surface area (Å²) < 4.78 is 5.02. The van der Waals surface area contributed by atoms with Crippen molar-refractivity contribution < 1.29 is 4.74 Å². The smallest absolute Gasteiger partial charge is 0.0655 e. The fourth-order valence-electron chi connectivity index (χ4n) is 2.14. The minimum absolute atomic E-state index is 0.293. The average molecular weight is 250 g/mol. The molecule has 1 aromatic carbocycles. The van der Waals surface area contributed by atoms with Gasteiger partial charge in [0.05, 0.1) is 12.1 Å². The maximum atomic E-state index is 5.02. The van der Waals surface area contributed by atoms with Crippen molar-refractivity contribution >= 4 is 0 Å². The molecule has 1 aromatic rings. The fourth-order valence-corrected chi connectivity index (χ4v) is 2.14. The van der Waals surface area contributed by atoms with Crippen LogP contribution in [0.4, 0.5) is 0 Å². The van der Waals surface area contributed by atoms with Gasteiger partial charge < -0.3 is 10.1 Å². The van der Waals surface area contributed by atoms with E-state index < -0.39 is 0 Å². The van der Waals surface area contributed by atoms with Crippen LogP contribution in [-0.4, -0.2) is 32.8 Å². The van der Waals surface area contributed by atoms with Gasteiger partial charge in [0.2, 0.25) is 0 Å². The maximum absolute atomic E-state index is 5.02. The molecule has 0 spiro atoms. The summed E-state index contributed by atoms with van der Waals surface area (Å²) in [7, 11) is 1.73. The lowest BCUT2D eigenvalue weighted by Crippen LogP contribution is -2.40. The zero-order valence-corrected chi connectivity index (χ0v) is 10.8. The van der Waals surface area contributed by atoms with Crippen LogP contribution in [0.25, 0.3) is 0 Å². The van der Waals surface area contributed by atoms with Gasteiger partial charge in [-0.1, -0.05) is 30.3 Å². The van der Waals surface area contributed by atoms with Crippen molar-refractivity contribution in [1.29, 1.82) is 0 Å². The summed E-state index contributed by atoms with van der Waals surface area (Å²) in [6.45, 7) is 2.71. The van der Waals surface area contributed by atoms with Crippen molar-refractivity contribution in [3.8, 4) is 0 Å². The topological polar surface area (TPSA) is 57.4 Å². The lowest BCUT2D eigenvalue weighted by molar-refractivity contribution is 0.194. The van der Waals surface area contributed by atoms with Gasteiger partial charge in [0.25, 0.3) is 0 Å². The first-order valence-corrected chi connectivity index (χ1v) is 6.42. The Labute approximate surface area is 108 Å². The molecule has 5 heteroatoms. The Kier molecular flexibility index (Phi) is 5.57. The van der Waals surface area contributed by atoms with Gasteiger partial charge in [0.15, 0.2) is 0 Å². The summed E-state index contributed by atoms with van der Waals surface area (Å²) >= 11 is 0. The Bertz CT molecular complexity index is 333. The molecular formula is C13H22N4O. The molecular weight excluding hydrogens is 228 g/mol. The Hall–Kier alpha value is -0.980. The zero-order valence-electron chi connectivity index (χ0n) is 10.8. The third-order valence-corrected chi connectivity index (χ3v) is 3.11. The number of hydrazine groups is 2. The molecule has 1 aliphatic heterocycles. The van der Waals surface area contributed by atoms with Crippen LogP contribution >= 0.6 is 0 Å². The number of nitrogens with one attached hydrogen (secondary N) is 4. The third-order valence-electron chi connectivity index (χ3n) is 3.11. The molecule has 0 saturated carbocycles. The summed E-state index contributed by atoms with van der Waals surface area (Å²) in [6, 6.07) is 11.1. The maximum Gasteiger partial charge on any atom is 0.0655 e. The molecule has 1 saturated heterocycles. The molecule has 1 aliphatic rings. The molecule has 0 amide bonds. The Morgan fingerprint density at radius 1 is 1.22 bits per heavy atom. The van der Waals surface area contributed by atoms with E-state index in [0.29, 0.717) is 12.1 Å². The van der Waals surface area contributed by atoms with Crippen LogP contribution in [0, 0.1) is 0 Å². The van der Waals surface area contributed by atoms with Gasteiger partial charge in [-0.05, 0) is 18.5 Å². The lowest BCUT2D eigenvalue weighted by atomic mass is 10.0. The Morgan fingerprint density at radius 2 is 2.06 bits per heavy atom. The lowest BCUT2D eigenvalue weighted by Gasteiger charge is -2.18. The van der Waals surface area contributed by atoms with Gasteiger partial charge in [-0.3, -0.25) is 0 Å². The van der Waals surface area contributed by atoms with Gasteiger partial charge in [-0.15, -0.1) is 0 Å². The first-order chi connectivity index (χ1) is 8.92. The zero-order chi connectivity index (χ0) is 12.6. The van der Waals surface area contributed by atoms with Crippen molar-refractivity contribution in [3.05, 3.63) is 35.9 Å².